The average Bonchev–Trinajstić information content (AvgIpc) is 2.68. The third-order valence-corrected chi connectivity index (χ3v) is 4.98. The third kappa shape index (κ3) is 5.06. The predicted octanol–water partition coefficient (Wildman–Crippen LogP) is 2.03. The van der Waals surface area contributed by atoms with Crippen LogP contribution in [0.25, 0.3) is 0 Å². The van der Waals surface area contributed by atoms with Gasteiger partial charge in [0.1, 0.15) is 0 Å². The standard InChI is InChI=1S/C16H31N3O/c1-19(15-10-8-13(17)9-11-15)12-16(20)18-14-6-4-2-3-5-7-14/h13-15H,2-12,17H2,1H3,(H,18,20). The van der Waals surface area contributed by atoms with Gasteiger partial charge >= 0.3 is 0 Å². The molecule has 0 heterocycles. The van der Waals surface area contributed by atoms with Gasteiger partial charge in [0.25, 0.3) is 0 Å². The molecule has 2 aliphatic carbocycles. The number of amides is 1. The van der Waals surface area contributed by atoms with Crippen molar-refractivity contribution >= 4 is 5.91 Å². The van der Waals surface area contributed by atoms with Gasteiger partial charge in [-0.2, -0.15) is 0 Å². The molecule has 2 rings (SSSR count). The molecule has 2 saturated carbocycles. The van der Waals surface area contributed by atoms with E-state index in [1.807, 2.05) is 0 Å². The molecule has 20 heavy (non-hydrogen) atoms. The number of nitrogens with two attached hydrogens (primary N) is 1. The Bertz CT molecular complexity index is 292. The molecule has 1 amide bonds. The predicted molar refractivity (Wildman–Crippen MR) is 82.5 cm³/mol. The molecule has 0 bridgehead atoms. The van der Waals surface area contributed by atoms with Crippen LogP contribution in [0.15, 0.2) is 0 Å². The molecule has 0 aliphatic heterocycles. The van der Waals surface area contributed by atoms with Gasteiger partial charge in [0, 0.05) is 18.1 Å². The van der Waals surface area contributed by atoms with Gasteiger partial charge in [-0.3, -0.25) is 9.69 Å². The molecule has 116 valence electrons. The number of carbonyl (C=O) groups is 1. The summed E-state index contributed by atoms with van der Waals surface area (Å²) in [6, 6.07) is 1.33. The van der Waals surface area contributed by atoms with E-state index in [0.29, 0.717) is 24.7 Å². The fraction of sp³-hybridized carbons (Fsp3) is 0.938. The SMILES string of the molecule is CN(CC(=O)NC1CCCCCC1)C1CCC(N)CC1. The Balaban J connectivity index is 1.70. The van der Waals surface area contributed by atoms with Crippen molar-refractivity contribution in [2.24, 2.45) is 5.73 Å². The van der Waals surface area contributed by atoms with E-state index in [1.165, 1.54) is 25.7 Å². The molecule has 2 fully saturated rings. The molecule has 4 heteroatoms. The Morgan fingerprint density at radius 2 is 1.65 bits per heavy atom. The average molecular weight is 281 g/mol. The lowest BCUT2D eigenvalue weighted by Gasteiger charge is -2.33. The van der Waals surface area contributed by atoms with Gasteiger partial charge in [-0.1, -0.05) is 25.7 Å². The number of likely N-dealkylation sites (N-methyl/N-ethyl adjacent to an activating group) is 1. The Hall–Kier alpha value is -0.610. The molecule has 0 aromatic carbocycles. The highest BCUT2D eigenvalue weighted by atomic mass is 16.2. The highest BCUT2D eigenvalue weighted by Crippen LogP contribution is 2.21. The summed E-state index contributed by atoms with van der Waals surface area (Å²) in [5.74, 6) is 0.203. The van der Waals surface area contributed by atoms with E-state index in [-0.39, 0.29) is 5.91 Å². The highest BCUT2D eigenvalue weighted by Gasteiger charge is 2.24. The first-order valence-corrected chi connectivity index (χ1v) is 8.40. The van der Waals surface area contributed by atoms with Gasteiger partial charge in [-0.25, -0.2) is 0 Å². The van der Waals surface area contributed by atoms with Gasteiger partial charge in [-0.15, -0.1) is 0 Å². The number of rotatable bonds is 4. The minimum absolute atomic E-state index is 0.203. The number of nitrogens with one attached hydrogen (secondary N) is 1. The molecule has 0 saturated heterocycles. The van der Waals surface area contributed by atoms with Gasteiger partial charge in [0.15, 0.2) is 0 Å². The smallest absolute Gasteiger partial charge is 0.234 e. The Kier molecular flexibility index (Phi) is 6.30. The lowest BCUT2D eigenvalue weighted by Crippen LogP contribution is -2.45. The minimum Gasteiger partial charge on any atom is -0.352 e. The summed E-state index contributed by atoms with van der Waals surface area (Å²) in [5.41, 5.74) is 5.94. The normalized spacial score (nSPS) is 29.1. The summed E-state index contributed by atoms with van der Waals surface area (Å²) in [4.78, 5) is 14.4. The summed E-state index contributed by atoms with van der Waals surface area (Å²) >= 11 is 0. The van der Waals surface area contributed by atoms with Gasteiger partial charge in [0.05, 0.1) is 6.54 Å². The fourth-order valence-electron chi connectivity index (χ4n) is 3.60. The summed E-state index contributed by atoms with van der Waals surface area (Å²) in [6.45, 7) is 0.538. The first-order chi connectivity index (χ1) is 9.65. The van der Waals surface area contributed by atoms with Crippen molar-refractivity contribution in [1.29, 1.82) is 0 Å². The van der Waals surface area contributed by atoms with Crippen molar-refractivity contribution < 1.29 is 4.79 Å². The number of carbonyl (C=O) groups excluding carboxylic acids is 1. The lowest BCUT2D eigenvalue weighted by atomic mass is 9.91. The molecule has 0 aromatic heterocycles. The van der Waals surface area contributed by atoms with E-state index in [1.54, 1.807) is 0 Å². The van der Waals surface area contributed by atoms with Gasteiger partial charge in [0.2, 0.25) is 5.91 Å². The van der Waals surface area contributed by atoms with E-state index >= 15 is 0 Å². The molecule has 4 nitrogen and oxygen atoms in total. The summed E-state index contributed by atoms with van der Waals surface area (Å²) in [6.07, 6.45) is 12.0. The van der Waals surface area contributed by atoms with Crippen molar-refractivity contribution in [3.63, 3.8) is 0 Å². The zero-order valence-corrected chi connectivity index (χ0v) is 12.9. The van der Waals surface area contributed by atoms with Crippen LogP contribution in [-0.2, 0) is 4.79 Å². The van der Waals surface area contributed by atoms with Crippen molar-refractivity contribution in [2.45, 2.75) is 82.3 Å². The van der Waals surface area contributed by atoms with Crippen molar-refractivity contribution in [1.82, 2.24) is 10.2 Å². The quantitative estimate of drug-likeness (QED) is 0.775. The summed E-state index contributed by atoms with van der Waals surface area (Å²) < 4.78 is 0. The summed E-state index contributed by atoms with van der Waals surface area (Å²) in [7, 11) is 2.08. The van der Waals surface area contributed by atoms with Crippen LogP contribution in [0.3, 0.4) is 0 Å². The minimum atomic E-state index is 0.203. The van der Waals surface area contributed by atoms with Crippen LogP contribution in [0.1, 0.15) is 64.2 Å². The maximum absolute atomic E-state index is 12.2. The van der Waals surface area contributed by atoms with Crippen LogP contribution in [0, 0.1) is 0 Å². The van der Waals surface area contributed by atoms with E-state index in [4.69, 9.17) is 5.73 Å². The van der Waals surface area contributed by atoms with Crippen LogP contribution in [0.2, 0.25) is 0 Å². The van der Waals surface area contributed by atoms with Crippen LogP contribution in [-0.4, -0.2) is 42.5 Å². The zero-order chi connectivity index (χ0) is 14.4. The molecule has 0 radical (unpaired) electrons. The molecule has 0 spiro atoms. The largest absolute Gasteiger partial charge is 0.352 e. The maximum Gasteiger partial charge on any atom is 0.234 e. The van der Waals surface area contributed by atoms with Crippen molar-refractivity contribution in [3.8, 4) is 0 Å². The first kappa shape index (κ1) is 15.8. The van der Waals surface area contributed by atoms with E-state index in [0.717, 1.165) is 38.5 Å². The summed E-state index contributed by atoms with van der Waals surface area (Å²) in [5, 5.41) is 3.23. The maximum atomic E-state index is 12.2. The van der Waals surface area contributed by atoms with Crippen LogP contribution in [0.5, 0.6) is 0 Å². The lowest BCUT2D eigenvalue weighted by molar-refractivity contribution is -0.123. The number of nitrogens with zero attached hydrogens (tertiary/aromatic N) is 1. The second-order valence-electron chi connectivity index (χ2n) is 6.74. The molecular formula is C16H31N3O. The zero-order valence-electron chi connectivity index (χ0n) is 12.9. The Labute approximate surface area is 123 Å². The van der Waals surface area contributed by atoms with Crippen LogP contribution < -0.4 is 11.1 Å². The third-order valence-electron chi connectivity index (χ3n) is 4.98. The number of hydrogen-bond acceptors (Lipinski definition) is 3. The van der Waals surface area contributed by atoms with E-state index < -0.39 is 0 Å². The second kappa shape index (κ2) is 7.99. The number of hydrogen-bond donors (Lipinski definition) is 2. The van der Waals surface area contributed by atoms with Gasteiger partial charge in [-0.05, 0) is 45.6 Å². The molecule has 0 aromatic rings. The van der Waals surface area contributed by atoms with Crippen LogP contribution in [0.4, 0.5) is 0 Å². The molecule has 2 aliphatic rings. The van der Waals surface area contributed by atoms with E-state index in [9.17, 15) is 4.79 Å². The Morgan fingerprint density at radius 3 is 2.25 bits per heavy atom. The van der Waals surface area contributed by atoms with Crippen molar-refractivity contribution in [2.75, 3.05) is 13.6 Å². The van der Waals surface area contributed by atoms with Crippen LogP contribution >= 0.6 is 0 Å². The topological polar surface area (TPSA) is 58.4 Å². The highest BCUT2D eigenvalue weighted by molar-refractivity contribution is 5.78. The molecular weight excluding hydrogens is 250 g/mol. The van der Waals surface area contributed by atoms with Crippen molar-refractivity contribution in [3.05, 3.63) is 0 Å². The molecule has 0 atom stereocenters. The fourth-order valence-corrected chi connectivity index (χ4v) is 3.60. The molecule has 3 N–H and O–H groups in total. The van der Waals surface area contributed by atoms with Gasteiger partial charge < -0.3 is 11.1 Å². The first-order valence-electron chi connectivity index (χ1n) is 8.40. The van der Waals surface area contributed by atoms with E-state index in [2.05, 4.69) is 17.3 Å². The molecule has 0 unspecified atom stereocenters. The monoisotopic (exact) mass is 281 g/mol. The Morgan fingerprint density at radius 1 is 1.05 bits per heavy atom. The second-order valence-corrected chi connectivity index (χ2v) is 6.74.